The number of benzene rings is 1. The van der Waals surface area contributed by atoms with E-state index in [0.29, 0.717) is 17.1 Å². The third-order valence-electron chi connectivity index (χ3n) is 2.93. The fourth-order valence-electron chi connectivity index (χ4n) is 2.00. The number of nitro benzene ring substituents is 1. The molecule has 1 aromatic carbocycles. The Balaban J connectivity index is 2.17. The molecule has 0 spiro atoms. The monoisotopic (exact) mass is 302 g/mol. The average molecular weight is 302 g/mol. The van der Waals surface area contributed by atoms with Gasteiger partial charge >= 0.3 is 0 Å². The number of nitro groups is 1. The molecule has 3 aromatic rings. The first-order chi connectivity index (χ1) is 10.2. The molecule has 2 aromatic heterocycles. The van der Waals surface area contributed by atoms with Crippen LogP contribution in [0.3, 0.4) is 0 Å². The lowest BCUT2D eigenvalue weighted by Crippen LogP contribution is -2.00. The second-order valence-electron chi connectivity index (χ2n) is 4.21. The van der Waals surface area contributed by atoms with Crippen LogP contribution < -0.4 is 0 Å². The summed E-state index contributed by atoms with van der Waals surface area (Å²) < 4.78 is 1.50. The Kier molecular flexibility index (Phi) is 3.46. The topological polar surface area (TPSA) is 94.1 Å². The molecule has 8 heteroatoms. The number of rotatable bonds is 4. The maximum absolute atomic E-state index is 10.9. The molecule has 0 aliphatic carbocycles. The van der Waals surface area contributed by atoms with Crippen molar-refractivity contribution in [2.24, 2.45) is 0 Å². The number of nitrogens with zero attached hydrogens (tertiary/aromatic N) is 4. The molecule has 0 aliphatic heterocycles. The summed E-state index contributed by atoms with van der Waals surface area (Å²) in [5.41, 5.74) is 1.59. The summed E-state index contributed by atoms with van der Waals surface area (Å²) in [7, 11) is 0. The zero-order chi connectivity index (χ0) is 14.8. The van der Waals surface area contributed by atoms with Gasteiger partial charge < -0.3 is 5.11 Å². The minimum Gasteiger partial charge on any atom is -0.390 e. The molecule has 0 radical (unpaired) electrons. The van der Waals surface area contributed by atoms with Crippen LogP contribution in [-0.4, -0.2) is 25.0 Å². The van der Waals surface area contributed by atoms with Crippen LogP contribution in [0.15, 0.2) is 41.8 Å². The van der Waals surface area contributed by atoms with Crippen molar-refractivity contribution in [2.75, 3.05) is 0 Å². The smallest absolute Gasteiger partial charge is 0.271 e. The second-order valence-corrected chi connectivity index (χ2v) is 5.16. The standard InChI is InChI=1S/C13H10N4O3S/c18-8-11-13(12-5-2-6-21-12)16(15-14-11)9-3-1-4-10(7-9)17(19)20/h1-7,18H,8H2. The van der Waals surface area contributed by atoms with E-state index in [2.05, 4.69) is 10.3 Å². The highest BCUT2D eigenvalue weighted by molar-refractivity contribution is 7.13. The fourth-order valence-corrected chi connectivity index (χ4v) is 2.78. The molecule has 1 N–H and O–H groups in total. The van der Waals surface area contributed by atoms with Crippen LogP contribution in [-0.2, 0) is 6.61 Å². The highest BCUT2D eigenvalue weighted by Crippen LogP contribution is 2.30. The van der Waals surface area contributed by atoms with Crippen molar-refractivity contribution in [1.29, 1.82) is 0 Å². The molecule has 0 unspecified atom stereocenters. The molecular formula is C13H10N4O3S. The van der Waals surface area contributed by atoms with Crippen LogP contribution in [0.1, 0.15) is 5.69 Å². The van der Waals surface area contributed by atoms with E-state index in [-0.39, 0.29) is 12.3 Å². The summed E-state index contributed by atoms with van der Waals surface area (Å²) >= 11 is 1.48. The second kappa shape index (κ2) is 5.43. The Bertz CT molecular complexity index is 783. The molecule has 0 saturated heterocycles. The van der Waals surface area contributed by atoms with Crippen molar-refractivity contribution < 1.29 is 10.0 Å². The van der Waals surface area contributed by atoms with Gasteiger partial charge in [0.25, 0.3) is 5.69 Å². The number of thiophene rings is 1. The van der Waals surface area contributed by atoms with E-state index in [1.165, 1.54) is 28.2 Å². The molecule has 2 heterocycles. The first-order valence-electron chi connectivity index (χ1n) is 6.05. The quantitative estimate of drug-likeness (QED) is 0.590. The third-order valence-corrected chi connectivity index (χ3v) is 3.81. The molecule has 3 rings (SSSR count). The number of hydrogen-bond donors (Lipinski definition) is 1. The first kappa shape index (κ1) is 13.4. The van der Waals surface area contributed by atoms with Crippen LogP contribution in [0.5, 0.6) is 0 Å². The van der Waals surface area contributed by atoms with E-state index in [1.54, 1.807) is 12.1 Å². The predicted molar refractivity (Wildman–Crippen MR) is 77.2 cm³/mol. The summed E-state index contributed by atoms with van der Waals surface area (Å²) in [4.78, 5) is 11.3. The van der Waals surface area contributed by atoms with Gasteiger partial charge in [-0.2, -0.15) is 0 Å². The zero-order valence-electron chi connectivity index (χ0n) is 10.7. The molecule has 106 valence electrons. The van der Waals surface area contributed by atoms with Crippen molar-refractivity contribution in [3.8, 4) is 16.3 Å². The van der Waals surface area contributed by atoms with Gasteiger partial charge in [0.05, 0.1) is 22.1 Å². The fraction of sp³-hybridized carbons (Fsp3) is 0.0769. The molecule has 7 nitrogen and oxygen atoms in total. The van der Waals surface area contributed by atoms with E-state index in [9.17, 15) is 15.2 Å². The zero-order valence-corrected chi connectivity index (χ0v) is 11.5. The van der Waals surface area contributed by atoms with Gasteiger partial charge in [-0.05, 0) is 17.5 Å². The molecule has 21 heavy (non-hydrogen) atoms. The predicted octanol–water partition coefficient (Wildman–Crippen LogP) is 2.40. The van der Waals surface area contributed by atoms with Gasteiger partial charge in [0.2, 0.25) is 0 Å². The van der Waals surface area contributed by atoms with Crippen LogP contribution in [0, 0.1) is 10.1 Å². The van der Waals surface area contributed by atoms with Gasteiger partial charge in [-0.25, -0.2) is 4.68 Å². The lowest BCUT2D eigenvalue weighted by Gasteiger charge is -2.05. The Morgan fingerprint density at radius 3 is 2.86 bits per heavy atom. The van der Waals surface area contributed by atoms with Gasteiger partial charge in [-0.15, -0.1) is 16.4 Å². The van der Waals surface area contributed by atoms with E-state index >= 15 is 0 Å². The lowest BCUT2D eigenvalue weighted by molar-refractivity contribution is -0.384. The summed E-state index contributed by atoms with van der Waals surface area (Å²) in [5.74, 6) is 0. The van der Waals surface area contributed by atoms with Crippen LogP contribution in [0.4, 0.5) is 5.69 Å². The van der Waals surface area contributed by atoms with E-state index in [4.69, 9.17) is 0 Å². The highest BCUT2D eigenvalue weighted by atomic mass is 32.1. The molecule has 0 fully saturated rings. The normalized spacial score (nSPS) is 10.7. The van der Waals surface area contributed by atoms with Gasteiger partial charge in [-0.1, -0.05) is 17.3 Å². The van der Waals surface area contributed by atoms with Crippen molar-refractivity contribution in [2.45, 2.75) is 6.61 Å². The van der Waals surface area contributed by atoms with Crippen molar-refractivity contribution in [3.05, 3.63) is 57.6 Å². The van der Waals surface area contributed by atoms with Crippen LogP contribution >= 0.6 is 11.3 Å². The largest absolute Gasteiger partial charge is 0.390 e. The Hall–Kier alpha value is -2.58. The molecule has 0 atom stereocenters. The molecule has 0 bridgehead atoms. The Labute approximate surface area is 123 Å². The van der Waals surface area contributed by atoms with Crippen molar-refractivity contribution in [1.82, 2.24) is 15.0 Å². The number of hydrogen-bond acceptors (Lipinski definition) is 6. The maximum Gasteiger partial charge on any atom is 0.271 e. The summed E-state index contributed by atoms with van der Waals surface area (Å²) in [6.45, 7) is -0.248. The van der Waals surface area contributed by atoms with Crippen molar-refractivity contribution >= 4 is 17.0 Å². The molecule has 0 aliphatic rings. The Morgan fingerprint density at radius 2 is 2.19 bits per heavy atom. The minimum atomic E-state index is -0.460. The number of aliphatic hydroxyl groups is 1. The van der Waals surface area contributed by atoms with Crippen LogP contribution in [0.2, 0.25) is 0 Å². The van der Waals surface area contributed by atoms with Crippen LogP contribution in [0.25, 0.3) is 16.3 Å². The lowest BCUT2D eigenvalue weighted by atomic mass is 10.2. The third kappa shape index (κ3) is 2.41. The molecule has 0 amide bonds. The number of non-ortho nitro benzene ring substituents is 1. The van der Waals surface area contributed by atoms with E-state index < -0.39 is 4.92 Å². The molecular weight excluding hydrogens is 292 g/mol. The highest BCUT2D eigenvalue weighted by Gasteiger charge is 2.18. The minimum absolute atomic E-state index is 0.0225. The summed E-state index contributed by atoms with van der Waals surface area (Å²) in [5, 5.41) is 30.1. The van der Waals surface area contributed by atoms with E-state index in [1.807, 2.05) is 17.5 Å². The van der Waals surface area contributed by atoms with Crippen molar-refractivity contribution in [3.63, 3.8) is 0 Å². The van der Waals surface area contributed by atoms with E-state index in [0.717, 1.165) is 4.88 Å². The number of aliphatic hydroxyl groups excluding tert-OH is 1. The summed E-state index contributed by atoms with van der Waals surface area (Å²) in [6.07, 6.45) is 0. The van der Waals surface area contributed by atoms with Gasteiger partial charge in [-0.3, -0.25) is 10.1 Å². The summed E-state index contributed by atoms with van der Waals surface area (Å²) in [6, 6.07) is 9.90. The first-order valence-corrected chi connectivity index (χ1v) is 6.93. The molecule has 0 saturated carbocycles. The van der Waals surface area contributed by atoms with Gasteiger partial charge in [0.1, 0.15) is 11.4 Å². The maximum atomic E-state index is 10.9. The van der Waals surface area contributed by atoms with Gasteiger partial charge in [0.15, 0.2) is 0 Å². The van der Waals surface area contributed by atoms with Gasteiger partial charge in [0, 0.05) is 12.1 Å². The Morgan fingerprint density at radius 1 is 1.33 bits per heavy atom. The number of aromatic nitrogens is 3. The SMILES string of the molecule is O=[N+]([O-])c1cccc(-n2nnc(CO)c2-c2cccs2)c1. The average Bonchev–Trinajstić information content (AvgIpc) is 3.15.